The Kier molecular flexibility index (Phi) is 13.9. The molecule has 0 heterocycles. The first-order chi connectivity index (χ1) is 14.9. The maximum atomic E-state index is 12.8. The molecule has 7 nitrogen and oxygen atoms in total. The first kappa shape index (κ1) is 26.5. The van der Waals surface area contributed by atoms with Gasteiger partial charge in [-0.25, -0.2) is 4.39 Å². The van der Waals surface area contributed by atoms with E-state index in [-0.39, 0.29) is 32.1 Å². The van der Waals surface area contributed by atoms with Gasteiger partial charge in [-0.3, -0.25) is 4.79 Å². The van der Waals surface area contributed by atoms with E-state index >= 15 is 0 Å². The lowest BCUT2D eigenvalue weighted by atomic mass is 10.2. The summed E-state index contributed by atoms with van der Waals surface area (Å²) < 4.78 is 23.3. The van der Waals surface area contributed by atoms with Crippen LogP contribution in [0.1, 0.15) is 25.7 Å². The van der Waals surface area contributed by atoms with Gasteiger partial charge in [-0.1, -0.05) is 36.5 Å². The molecular formula is C23H31FO7. The smallest absolute Gasteiger partial charge is 0.303 e. The van der Waals surface area contributed by atoms with Crippen molar-refractivity contribution in [2.45, 2.75) is 44.0 Å². The Hall–Kier alpha value is -2.52. The number of rotatable bonds is 16. The zero-order valence-corrected chi connectivity index (χ0v) is 17.3. The highest BCUT2D eigenvalue weighted by Crippen LogP contribution is 2.11. The van der Waals surface area contributed by atoms with Crippen LogP contribution >= 0.6 is 0 Å². The van der Waals surface area contributed by atoms with E-state index in [1.54, 1.807) is 18.2 Å². The molecule has 0 fully saturated rings. The summed E-state index contributed by atoms with van der Waals surface area (Å²) in [5.41, 5.74) is 0. The molecule has 0 bridgehead atoms. The highest BCUT2D eigenvalue weighted by molar-refractivity contribution is 5.66. The van der Waals surface area contributed by atoms with E-state index in [2.05, 4.69) is 0 Å². The van der Waals surface area contributed by atoms with Gasteiger partial charge in [0.15, 0.2) is 0 Å². The molecule has 0 saturated heterocycles. The molecule has 3 unspecified atom stereocenters. The van der Waals surface area contributed by atoms with Crippen LogP contribution in [0.5, 0.6) is 5.75 Å². The van der Waals surface area contributed by atoms with Gasteiger partial charge in [0.1, 0.15) is 36.5 Å². The van der Waals surface area contributed by atoms with Crippen molar-refractivity contribution in [2.75, 3.05) is 19.8 Å². The van der Waals surface area contributed by atoms with Gasteiger partial charge >= 0.3 is 5.97 Å². The van der Waals surface area contributed by atoms with Crippen LogP contribution in [0.4, 0.5) is 4.39 Å². The minimum atomic E-state index is -1.08. The summed E-state index contributed by atoms with van der Waals surface area (Å²) in [5.74, 6) is -0.764. The molecule has 0 aliphatic rings. The predicted molar refractivity (Wildman–Crippen MR) is 114 cm³/mol. The number of aliphatic hydroxyl groups is 3. The minimum Gasteiger partial charge on any atom is -0.491 e. The molecule has 0 amide bonds. The minimum absolute atomic E-state index is 0.00279. The number of carboxylic acids is 1. The van der Waals surface area contributed by atoms with E-state index in [1.807, 2.05) is 12.2 Å². The number of benzene rings is 1. The molecule has 31 heavy (non-hydrogen) atoms. The van der Waals surface area contributed by atoms with Gasteiger partial charge in [0.05, 0.1) is 6.61 Å². The summed E-state index contributed by atoms with van der Waals surface area (Å²) in [6.45, 7) is 0.208. The van der Waals surface area contributed by atoms with Gasteiger partial charge in [-0.15, -0.1) is 0 Å². The lowest BCUT2D eigenvalue weighted by molar-refractivity contribution is -0.137. The molecule has 0 aromatic heterocycles. The van der Waals surface area contributed by atoms with Gasteiger partial charge in [-0.05, 0) is 43.5 Å². The van der Waals surface area contributed by atoms with Crippen molar-refractivity contribution >= 4 is 5.97 Å². The van der Waals surface area contributed by atoms with Crippen LogP contribution in [0.3, 0.4) is 0 Å². The zero-order valence-electron chi connectivity index (χ0n) is 17.3. The van der Waals surface area contributed by atoms with E-state index in [4.69, 9.17) is 14.6 Å². The van der Waals surface area contributed by atoms with Crippen LogP contribution in [-0.2, 0) is 9.53 Å². The Bertz CT molecular complexity index is 700. The van der Waals surface area contributed by atoms with Crippen LogP contribution in [0, 0.1) is 5.82 Å². The number of hydrogen-bond acceptors (Lipinski definition) is 6. The van der Waals surface area contributed by atoms with Crippen molar-refractivity contribution in [2.24, 2.45) is 0 Å². The van der Waals surface area contributed by atoms with Crippen LogP contribution in [0.15, 0.2) is 60.7 Å². The number of halogens is 1. The second-order valence-electron chi connectivity index (χ2n) is 6.76. The summed E-state index contributed by atoms with van der Waals surface area (Å²) in [4.78, 5) is 10.4. The number of carboxylic acid groups (broad SMARTS) is 1. The maximum Gasteiger partial charge on any atom is 0.303 e. The normalized spacial score (nSPS) is 15.0. The molecule has 0 aliphatic carbocycles. The molecule has 172 valence electrons. The van der Waals surface area contributed by atoms with Gasteiger partial charge in [0, 0.05) is 13.0 Å². The van der Waals surface area contributed by atoms with E-state index in [0.717, 1.165) is 0 Å². The molecule has 4 N–H and O–H groups in total. The molecule has 0 aliphatic heterocycles. The van der Waals surface area contributed by atoms with Crippen LogP contribution in [0.25, 0.3) is 0 Å². The van der Waals surface area contributed by atoms with Gasteiger partial charge in [0.2, 0.25) is 0 Å². The summed E-state index contributed by atoms with van der Waals surface area (Å²) >= 11 is 0. The number of ether oxygens (including phenoxy) is 2. The Labute approximate surface area is 181 Å². The third kappa shape index (κ3) is 14.2. The first-order valence-corrected chi connectivity index (χ1v) is 10.1. The van der Waals surface area contributed by atoms with E-state index in [0.29, 0.717) is 25.0 Å². The summed E-state index contributed by atoms with van der Waals surface area (Å²) in [6, 6.07) is 5.56. The quantitative estimate of drug-likeness (QED) is 0.232. The number of allylic oxidation sites excluding steroid dienone is 4. The van der Waals surface area contributed by atoms with E-state index in [1.165, 1.54) is 30.3 Å². The fraction of sp³-hybridized carbons (Fsp3) is 0.435. The first-order valence-electron chi connectivity index (χ1n) is 10.1. The third-order valence-corrected chi connectivity index (χ3v) is 4.00. The van der Waals surface area contributed by atoms with Crippen LogP contribution in [0.2, 0.25) is 0 Å². The standard InChI is InChI=1S/C23H31FO7/c24-18-11-13-20(14-12-18)31-16-19(25)8-5-3-1-2-4-6-9-21(26)22(27)17-30-15-7-10-23(28)29/h1-2,5-6,8-9,11-14,19,21-22,25-27H,3-4,7,10,15-17H2,(H,28,29)/b2-1-,8-5-,9-6-. The monoisotopic (exact) mass is 438 g/mol. The molecule has 0 radical (unpaired) electrons. The Morgan fingerprint density at radius 1 is 0.968 bits per heavy atom. The van der Waals surface area contributed by atoms with Gasteiger partial charge in [0.25, 0.3) is 0 Å². The zero-order chi connectivity index (χ0) is 22.9. The number of aliphatic carboxylic acids is 1. The Balaban J connectivity index is 2.12. The van der Waals surface area contributed by atoms with Crippen molar-refractivity contribution in [3.63, 3.8) is 0 Å². The lowest BCUT2D eigenvalue weighted by Gasteiger charge is -2.14. The Morgan fingerprint density at radius 2 is 1.61 bits per heavy atom. The second kappa shape index (κ2) is 16.2. The molecule has 3 atom stereocenters. The van der Waals surface area contributed by atoms with Crippen LogP contribution in [-0.4, -0.2) is 64.5 Å². The Morgan fingerprint density at radius 3 is 2.26 bits per heavy atom. The van der Waals surface area contributed by atoms with Gasteiger partial charge in [-0.2, -0.15) is 0 Å². The number of aliphatic hydroxyl groups excluding tert-OH is 3. The molecule has 8 heteroatoms. The summed E-state index contributed by atoms with van der Waals surface area (Å²) in [7, 11) is 0. The lowest BCUT2D eigenvalue weighted by Crippen LogP contribution is -2.29. The van der Waals surface area contributed by atoms with E-state index < -0.39 is 24.3 Å². The fourth-order valence-corrected chi connectivity index (χ4v) is 2.33. The fourth-order valence-electron chi connectivity index (χ4n) is 2.33. The maximum absolute atomic E-state index is 12.8. The van der Waals surface area contributed by atoms with Crippen molar-refractivity contribution in [3.8, 4) is 5.75 Å². The van der Waals surface area contributed by atoms with E-state index in [9.17, 15) is 24.5 Å². The third-order valence-electron chi connectivity index (χ3n) is 4.00. The number of hydrogen-bond donors (Lipinski definition) is 4. The van der Waals surface area contributed by atoms with Crippen molar-refractivity contribution in [3.05, 3.63) is 66.5 Å². The second-order valence-corrected chi connectivity index (χ2v) is 6.76. The molecule has 1 aromatic carbocycles. The van der Waals surface area contributed by atoms with Crippen LogP contribution < -0.4 is 4.74 Å². The summed E-state index contributed by atoms with van der Waals surface area (Å²) in [6.07, 6.45) is 8.97. The average molecular weight is 438 g/mol. The SMILES string of the molecule is O=C(O)CCCOCC(O)C(O)/C=C\C/C=C\C/C=C\C(O)COc1ccc(F)cc1. The highest BCUT2D eigenvalue weighted by Gasteiger charge is 2.12. The topological polar surface area (TPSA) is 116 Å². The molecule has 1 aromatic rings. The molecule has 1 rings (SSSR count). The van der Waals surface area contributed by atoms with Gasteiger partial charge < -0.3 is 29.9 Å². The van der Waals surface area contributed by atoms with Crippen molar-refractivity contribution in [1.29, 1.82) is 0 Å². The predicted octanol–water partition coefficient (Wildman–Crippen LogP) is 2.62. The van der Waals surface area contributed by atoms with Crippen molar-refractivity contribution in [1.82, 2.24) is 0 Å². The van der Waals surface area contributed by atoms with Crippen molar-refractivity contribution < 1.29 is 39.1 Å². The average Bonchev–Trinajstić information content (AvgIpc) is 2.74. The number of carbonyl (C=O) groups is 1. The molecular weight excluding hydrogens is 407 g/mol. The highest BCUT2D eigenvalue weighted by atomic mass is 19.1. The largest absolute Gasteiger partial charge is 0.491 e. The molecule has 0 spiro atoms. The molecule has 0 saturated carbocycles. The summed E-state index contributed by atoms with van der Waals surface area (Å²) in [5, 5.41) is 37.9.